The first kappa shape index (κ1) is 26.3. The van der Waals surface area contributed by atoms with Crippen LogP contribution < -0.4 is 16.8 Å². The summed E-state index contributed by atoms with van der Waals surface area (Å²) in [5.74, 6) is -4.12. The van der Waals surface area contributed by atoms with Gasteiger partial charge < -0.3 is 21.5 Å². The Morgan fingerprint density at radius 3 is 2.48 bits per heavy atom. The van der Waals surface area contributed by atoms with E-state index in [0.29, 0.717) is 19.2 Å². The van der Waals surface area contributed by atoms with Crippen molar-refractivity contribution in [1.29, 1.82) is 0 Å². The van der Waals surface area contributed by atoms with Gasteiger partial charge >= 0.3 is 12.1 Å². The average Bonchev–Trinajstić information content (AvgIpc) is 2.77. The van der Waals surface area contributed by atoms with Crippen molar-refractivity contribution in [3.8, 4) is 0 Å². The highest BCUT2D eigenvalue weighted by molar-refractivity contribution is 6.19. The van der Waals surface area contributed by atoms with Crippen molar-refractivity contribution in [3.05, 3.63) is 46.4 Å². The molecule has 8 nitrogen and oxygen atoms in total. The number of nitrogens with two attached hydrogens (primary N) is 2. The zero-order valence-corrected chi connectivity index (χ0v) is 18.2. The maximum atomic E-state index is 14.1. The van der Waals surface area contributed by atoms with Gasteiger partial charge in [-0.05, 0) is 18.6 Å². The number of nitrogens with zero attached hydrogens (tertiary/aromatic N) is 2. The van der Waals surface area contributed by atoms with Crippen LogP contribution in [0.5, 0.6) is 0 Å². The van der Waals surface area contributed by atoms with E-state index in [1.807, 2.05) is 0 Å². The van der Waals surface area contributed by atoms with Gasteiger partial charge in [0.2, 0.25) is 5.78 Å². The molecule has 33 heavy (non-hydrogen) atoms. The zero-order chi connectivity index (χ0) is 24.6. The molecule has 1 heterocycles. The van der Waals surface area contributed by atoms with E-state index in [9.17, 15) is 27.2 Å². The van der Waals surface area contributed by atoms with Crippen molar-refractivity contribution < 1.29 is 31.9 Å². The smallest absolute Gasteiger partial charge is 0.419 e. The van der Waals surface area contributed by atoms with Crippen LogP contribution in [0.2, 0.25) is 0 Å². The molecule has 1 aliphatic rings. The van der Waals surface area contributed by atoms with E-state index in [4.69, 9.17) is 16.2 Å². The summed E-state index contributed by atoms with van der Waals surface area (Å²) in [7, 11) is 0. The van der Waals surface area contributed by atoms with Crippen molar-refractivity contribution in [2.24, 2.45) is 16.5 Å². The largest absolute Gasteiger partial charge is 0.454 e. The third-order valence-electron chi connectivity index (χ3n) is 5.01. The van der Waals surface area contributed by atoms with Crippen molar-refractivity contribution in [1.82, 2.24) is 10.2 Å². The minimum atomic E-state index is -4.97. The van der Waals surface area contributed by atoms with Crippen LogP contribution in [-0.4, -0.2) is 68.4 Å². The number of rotatable bonds is 9. The lowest BCUT2D eigenvalue weighted by atomic mass is 10.1. The van der Waals surface area contributed by atoms with Crippen LogP contribution in [-0.2, 0) is 15.7 Å². The van der Waals surface area contributed by atoms with Crippen LogP contribution >= 0.6 is 0 Å². The second kappa shape index (κ2) is 11.8. The first-order valence-corrected chi connectivity index (χ1v) is 10.3. The number of allylic oxidation sites excluding steroid dienone is 1. The molecule has 1 saturated heterocycles. The van der Waals surface area contributed by atoms with E-state index in [0.717, 1.165) is 38.3 Å². The number of ketones is 1. The summed E-state index contributed by atoms with van der Waals surface area (Å²) in [4.78, 5) is 31.1. The van der Waals surface area contributed by atoms with Gasteiger partial charge in [-0.3, -0.25) is 14.7 Å². The lowest BCUT2D eigenvalue weighted by molar-refractivity contribution is -0.140. The molecule has 0 saturated carbocycles. The van der Waals surface area contributed by atoms with Crippen LogP contribution in [0, 0.1) is 5.82 Å². The van der Waals surface area contributed by atoms with E-state index < -0.39 is 41.5 Å². The molecule has 0 aromatic heterocycles. The third-order valence-corrected chi connectivity index (χ3v) is 5.01. The second-order valence-corrected chi connectivity index (χ2v) is 7.28. The number of esters is 1. The Morgan fingerprint density at radius 2 is 1.88 bits per heavy atom. The van der Waals surface area contributed by atoms with Crippen molar-refractivity contribution in [2.75, 3.05) is 45.9 Å². The molecule has 0 spiro atoms. The van der Waals surface area contributed by atoms with Crippen LogP contribution in [0.4, 0.5) is 17.6 Å². The molecule has 2 rings (SSSR count). The molecule has 1 fully saturated rings. The van der Waals surface area contributed by atoms with Gasteiger partial charge in [0.05, 0.1) is 17.7 Å². The highest BCUT2D eigenvalue weighted by atomic mass is 19.4. The number of ether oxygens (including phenoxy) is 1. The van der Waals surface area contributed by atoms with Gasteiger partial charge in [0, 0.05) is 38.4 Å². The first-order valence-electron chi connectivity index (χ1n) is 10.3. The van der Waals surface area contributed by atoms with Crippen LogP contribution in [0.1, 0.15) is 29.3 Å². The predicted molar refractivity (Wildman–Crippen MR) is 114 cm³/mol. The molecule has 0 unspecified atom stereocenters. The minimum Gasteiger partial charge on any atom is -0.454 e. The number of amidine groups is 1. The molecule has 0 amide bonds. The number of alkyl halides is 3. The number of Topliss-reactive ketones (excluding diaryl/α,β-unsaturated/α-hetero) is 1. The summed E-state index contributed by atoms with van der Waals surface area (Å²) in [6.45, 7) is 5.01. The molecule has 0 aliphatic carbocycles. The summed E-state index contributed by atoms with van der Waals surface area (Å²) in [5, 5.41) is 3.22. The number of halogens is 4. The lowest BCUT2D eigenvalue weighted by Gasteiger charge is -2.26. The Hall–Kier alpha value is -2.99. The lowest BCUT2D eigenvalue weighted by Crippen LogP contribution is -2.44. The highest BCUT2D eigenvalue weighted by Gasteiger charge is 2.35. The number of benzene rings is 1. The molecule has 182 valence electrons. The van der Waals surface area contributed by atoms with Crippen LogP contribution in [0.15, 0.2) is 34.5 Å². The number of hydrogen-bond acceptors (Lipinski definition) is 7. The van der Waals surface area contributed by atoms with Crippen LogP contribution in [0.3, 0.4) is 0 Å². The molecule has 0 bridgehead atoms. The number of aliphatic imine (C=N–C) groups is 1. The molecule has 1 aliphatic heterocycles. The number of carbonyl (C=O) groups is 2. The van der Waals surface area contributed by atoms with Crippen molar-refractivity contribution in [3.63, 3.8) is 0 Å². The first-order chi connectivity index (χ1) is 15.6. The standard InChI is InChI=1S/C21H27F4N5O3/c1-2-15(26)17(19(27)29-8-11-30-9-6-28-7-10-30)20(32)33-12-16(31)13-4-3-5-14(18(13)22)21(23,24)25/h3-5,28H,2,6-12,26H2,1H3,(H2,27,29)/b17-15+. The summed E-state index contributed by atoms with van der Waals surface area (Å²) < 4.78 is 57.6. The average molecular weight is 473 g/mol. The maximum Gasteiger partial charge on any atom is 0.419 e. The fourth-order valence-electron chi connectivity index (χ4n) is 3.15. The van der Waals surface area contributed by atoms with E-state index >= 15 is 0 Å². The Kier molecular flexibility index (Phi) is 9.35. The van der Waals surface area contributed by atoms with Gasteiger partial charge in [-0.2, -0.15) is 13.2 Å². The second-order valence-electron chi connectivity index (χ2n) is 7.28. The molecule has 5 N–H and O–H groups in total. The Labute approximate surface area is 188 Å². The van der Waals surface area contributed by atoms with E-state index in [-0.39, 0.29) is 23.5 Å². The fourth-order valence-corrected chi connectivity index (χ4v) is 3.15. The molecule has 0 radical (unpaired) electrons. The predicted octanol–water partition coefficient (Wildman–Crippen LogP) is 1.46. The minimum absolute atomic E-state index is 0.0705. The van der Waals surface area contributed by atoms with Gasteiger partial charge in [0.25, 0.3) is 0 Å². The van der Waals surface area contributed by atoms with Gasteiger partial charge in [-0.1, -0.05) is 13.0 Å². The summed E-state index contributed by atoms with van der Waals surface area (Å²) >= 11 is 0. The Bertz CT molecular complexity index is 925. The van der Waals surface area contributed by atoms with Gasteiger partial charge in [-0.15, -0.1) is 0 Å². The summed E-state index contributed by atoms with van der Waals surface area (Å²) in [6, 6.07) is 2.28. The van der Waals surface area contributed by atoms with Crippen LogP contribution in [0.25, 0.3) is 0 Å². The Morgan fingerprint density at radius 1 is 1.21 bits per heavy atom. The normalized spacial score (nSPS) is 16.3. The molecule has 0 atom stereocenters. The monoisotopic (exact) mass is 473 g/mol. The molecule has 12 heteroatoms. The fraction of sp³-hybridized carbons (Fsp3) is 0.476. The summed E-state index contributed by atoms with van der Waals surface area (Å²) in [6.07, 6.45) is -4.74. The quantitative estimate of drug-likeness (QED) is 0.124. The van der Waals surface area contributed by atoms with E-state index in [1.165, 1.54) is 0 Å². The van der Waals surface area contributed by atoms with Crippen molar-refractivity contribution in [2.45, 2.75) is 19.5 Å². The number of carbonyl (C=O) groups excluding carboxylic acids is 2. The highest BCUT2D eigenvalue weighted by Crippen LogP contribution is 2.32. The third kappa shape index (κ3) is 7.26. The number of piperazine rings is 1. The van der Waals surface area contributed by atoms with Gasteiger partial charge in [0.1, 0.15) is 17.2 Å². The SMILES string of the molecule is CC/C(N)=C(\C(=O)OCC(=O)c1cccc(C(F)(F)F)c1F)C(N)=NCCN1CCNCC1. The molecule has 1 aromatic rings. The number of hydrogen-bond donors (Lipinski definition) is 3. The molecular formula is C21H27F4N5O3. The maximum absolute atomic E-state index is 14.1. The van der Waals surface area contributed by atoms with E-state index in [1.54, 1.807) is 6.92 Å². The number of nitrogens with one attached hydrogen (secondary N) is 1. The molecule has 1 aromatic carbocycles. The zero-order valence-electron chi connectivity index (χ0n) is 18.2. The topological polar surface area (TPSA) is 123 Å². The van der Waals surface area contributed by atoms with Gasteiger partial charge in [0.15, 0.2) is 6.61 Å². The molecular weight excluding hydrogens is 446 g/mol. The van der Waals surface area contributed by atoms with Crippen molar-refractivity contribution >= 4 is 17.6 Å². The summed E-state index contributed by atoms with van der Waals surface area (Å²) in [5.41, 5.74) is 9.22. The van der Waals surface area contributed by atoms with Gasteiger partial charge in [-0.25, -0.2) is 9.18 Å². The van der Waals surface area contributed by atoms with E-state index in [2.05, 4.69) is 15.2 Å². The Balaban J connectivity index is 2.07.